The van der Waals surface area contributed by atoms with E-state index in [2.05, 4.69) is 21.4 Å². The highest BCUT2D eigenvalue weighted by molar-refractivity contribution is 5.71. The van der Waals surface area contributed by atoms with E-state index in [9.17, 15) is 4.79 Å². The predicted octanol–water partition coefficient (Wildman–Crippen LogP) is 2.21. The molecule has 0 aliphatic heterocycles. The number of methoxy groups -OCH3 is 1. The van der Waals surface area contributed by atoms with Crippen LogP contribution in [-0.2, 0) is 22.6 Å². The van der Waals surface area contributed by atoms with Crippen LogP contribution < -0.4 is 0 Å². The van der Waals surface area contributed by atoms with Gasteiger partial charge in [-0.05, 0) is 19.3 Å². The summed E-state index contributed by atoms with van der Waals surface area (Å²) in [7, 11) is 1.45. The van der Waals surface area contributed by atoms with Gasteiger partial charge in [0.25, 0.3) is 0 Å². The van der Waals surface area contributed by atoms with Gasteiger partial charge in [-0.25, -0.2) is 4.98 Å². The van der Waals surface area contributed by atoms with Crippen LogP contribution in [0.15, 0.2) is 12.5 Å². The molecule has 0 unspecified atom stereocenters. The van der Waals surface area contributed by atoms with Gasteiger partial charge in [-0.15, -0.1) is 0 Å². The molecule has 1 fully saturated rings. The monoisotopic (exact) mass is 279 g/mol. The molecular formula is C15H25N3O2. The number of aromatic nitrogens is 2. The number of rotatable bonds is 7. The number of ether oxygens (including phenoxy) is 1. The molecule has 112 valence electrons. The smallest absolute Gasteiger partial charge is 0.319 e. The molecule has 2 rings (SSSR count). The van der Waals surface area contributed by atoms with Gasteiger partial charge in [-0.3, -0.25) is 9.69 Å². The molecule has 5 nitrogen and oxygen atoms in total. The molecule has 1 heterocycles. The molecule has 0 N–H and O–H groups in total. The van der Waals surface area contributed by atoms with Crippen LogP contribution >= 0.6 is 0 Å². The van der Waals surface area contributed by atoms with Gasteiger partial charge in [0.2, 0.25) is 0 Å². The number of carbonyl (C=O) groups excluding carboxylic acids is 1. The van der Waals surface area contributed by atoms with Crippen molar-refractivity contribution in [1.29, 1.82) is 0 Å². The normalized spacial score (nSPS) is 15.9. The van der Waals surface area contributed by atoms with Crippen molar-refractivity contribution in [2.24, 2.45) is 0 Å². The summed E-state index contributed by atoms with van der Waals surface area (Å²) in [4.78, 5) is 18.1. The number of carbonyl (C=O) groups is 1. The lowest BCUT2D eigenvalue weighted by Crippen LogP contribution is -2.38. The van der Waals surface area contributed by atoms with Crippen LogP contribution in [0.25, 0.3) is 0 Å². The summed E-state index contributed by atoms with van der Waals surface area (Å²) in [6, 6.07) is 0.499. The molecule has 1 aromatic heterocycles. The Balaban J connectivity index is 2.05. The first-order valence-corrected chi connectivity index (χ1v) is 7.54. The van der Waals surface area contributed by atoms with Crippen LogP contribution in [0.4, 0.5) is 0 Å². The van der Waals surface area contributed by atoms with Crippen molar-refractivity contribution < 1.29 is 9.53 Å². The second kappa shape index (κ2) is 7.43. The van der Waals surface area contributed by atoms with Crippen LogP contribution in [0, 0.1) is 0 Å². The van der Waals surface area contributed by atoms with Crippen LogP contribution in [0.5, 0.6) is 0 Å². The minimum atomic E-state index is -0.154. The van der Waals surface area contributed by atoms with Crippen LogP contribution in [0.2, 0.25) is 0 Å². The van der Waals surface area contributed by atoms with Crippen LogP contribution in [0.3, 0.4) is 0 Å². The van der Waals surface area contributed by atoms with Crippen molar-refractivity contribution in [1.82, 2.24) is 14.5 Å². The second-order valence-corrected chi connectivity index (χ2v) is 5.50. The molecule has 1 aliphatic carbocycles. The molecule has 0 spiro atoms. The van der Waals surface area contributed by atoms with Gasteiger partial charge in [0, 0.05) is 25.3 Å². The Hall–Kier alpha value is -1.36. The van der Waals surface area contributed by atoms with Crippen molar-refractivity contribution >= 4 is 5.97 Å². The molecule has 1 aliphatic rings. The Morgan fingerprint density at radius 3 is 2.90 bits per heavy atom. The third-order valence-corrected chi connectivity index (χ3v) is 4.03. The first-order chi connectivity index (χ1) is 9.74. The number of imidazole rings is 1. The van der Waals surface area contributed by atoms with E-state index in [-0.39, 0.29) is 5.97 Å². The fourth-order valence-electron chi connectivity index (χ4n) is 2.94. The second-order valence-electron chi connectivity index (χ2n) is 5.50. The molecular weight excluding hydrogens is 254 g/mol. The van der Waals surface area contributed by atoms with Gasteiger partial charge in [0.15, 0.2) is 0 Å². The average Bonchev–Trinajstić information content (AvgIpc) is 3.10. The average molecular weight is 279 g/mol. The zero-order chi connectivity index (χ0) is 14.4. The molecule has 5 heteroatoms. The van der Waals surface area contributed by atoms with Gasteiger partial charge in [-0.1, -0.05) is 19.8 Å². The standard InChI is InChI=1S/C15H25N3O2/c1-3-8-17-12-16-9-14(17)10-18(11-15(19)20-2)13-6-4-5-7-13/h9,12-13H,3-8,10-11H2,1-2H3. The summed E-state index contributed by atoms with van der Waals surface area (Å²) >= 11 is 0. The van der Waals surface area contributed by atoms with E-state index in [1.165, 1.54) is 38.5 Å². The van der Waals surface area contributed by atoms with E-state index >= 15 is 0 Å². The maximum Gasteiger partial charge on any atom is 0.319 e. The van der Waals surface area contributed by atoms with E-state index in [0.717, 1.165) is 19.5 Å². The van der Waals surface area contributed by atoms with Gasteiger partial charge < -0.3 is 9.30 Å². The maximum atomic E-state index is 11.6. The molecule has 0 radical (unpaired) electrons. The quantitative estimate of drug-likeness (QED) is 0.718. The first-order valence-electron chi connectivity index (χ1n) is 7.54. The number of esters is 1. The highest BCUT2D eigenvalue weighted by Gasteiger charge is 2.25. The summed E-state index contributed by atoms with van der Waals surface area (Å²) in [6.07, 6.45) is 9.76. The zero-order valence-corrected chi connectivity index (χ0v) is 12.5. The predicted molar refractivity (Wildman–Crippen MR) is 77.2 cm³/mol. The number of aryl methyl sites for hydroxylation is 1. The SMILES string of the molecule is CCCn1cncc1CN(CC(=O)OC)C1CCCC1. The molecule has 1 saturated carbocycles. The van der Waals surface area contributed by atoms with Crippen molar-refractivity contribution in [3.8, 4) is 0 Å². The minimum absolute atomic E-state index is 0.154. The molecule has 0 saturated heterocycles. The minimum Gasteiger partial charge on any atom is -0.468 e. The lowest BCUT2D eigenvalue weighted by molar-refractivity contribution is -0.142. The summed E-state index contributed by atoms with van der Waals surface area (Å²) in [6.45, 7) is 4.29. The lowest BCUT2D eigenvalue weighted by Gasteiger charge is -2.27. The third kappa shape index (κ3) is 3.82. The van der Waals surface area contributed by atoms with Crippen LogP contribution in [-0.4, -0.2) is 40.1 Å². The van der Waals surface area contributed by atoms with Gasteiger partial charge in [-0.2, -0.15) is 0 Å². The summed E-state index contributed by atoms with van der Waals surface area (Å²) in [5, 5.41) is 0. The molecule has 0 atom stereocenters. The highest BCUT2D eigenvalue weighted by atomic mass is 16.5. The third-order valence-electron chi connectivity index (χ3n) is 4.03. The largest absolute Gasteiger partial charge is 0.468 e. The Morgan fingerprint density at radius 1 is 1.50 bits per heavy atom. The van der Waals surface area contributed by atoms with E-state index in [1.807, 2.05) is 12.5 Å². The number of hydrogen-bond donors (Lipinski definition) is 0. The highest BCUT2D eigenvalue weighted by Crippen LogP contribution is 2.24. The maximum absolute atomic E-state index is 11.6. The summed E-state index contributed by atoms with van der Waals surface area (Å²) < 4.78 is 7.01. The zero-order valence-electron chi connectivity index (χ0n) is 12.5. The Morgan fingerprint density at radius 2 is 2.25 bits per heavy atom. The Bertz CT molecular complexity index is 425. The van der Waals surface area contributed by atoms with Crippen molar-refractivity contribution in [3.63, 3.8) is 0 Å². The molecule has 20 heavy (non-hydrogen) atoms. The van der Waals surface area contributed by atoms with E-state index in [1.54, 1.807) is 0 Å². The van der Waals surface area contributed by atoms with E-state index in [0.29, 0.717) is 12.6 Å². The van der Waals surface area contributed by atoms with Gasteiger partial charge in [0.05, 0.1) is 25.7 Å². The summed E-state index contributed by atoms with van der Waals surface area (Å²) in [5.74, 6) is -0.154. The fourth-order valence-corrected chi connectivity index (χ4v) is 2.94. The summed E-state index contributed by atoms with van der Waals surface area (Å²) in [5.41, 5.74) is 1.18. The van der Waals surface area contributed by atoms with Crippen molar-refractivity contribution in [3.05, 3.63) is 18.2 Å². The Kier molecular flexibility index (Phi) is 5.59. The number of hydrogen-bond acceptors (Lipinski definition) is 4. The van der Waals surface area contributed by atoms with Gasteiger partial charge >= 0.3 is 5.97 Å². The lowest BCUT2D eigenvalue weighted by atomic mass is 10.2. The molecule has 1 aromatic rings. The van der Waals surface area contributed by atoms with Crippen LogP contribution in [0.1, 0.15) is 44.7 Å². The van der Waals surface area contributed by atoms with Crippen molar-refractivity contribution in [2.75, 3.05) is 13.7 Å². The number of nitrogens with zero attached hydrogens (tertiary/aromatic N) is 3. The molecule has 0 aromatic carbocycles. The van der Waals surface area contributed by atoms with E-state index in [4.69, 9.17) is 4.74 Å². The molecule has 0 amide bonds. The van der Waals surface area contributed by atoms with Crippen molar-refractivity contribution in [2.45, 2.75) is 58.2 Å². The van der Waals surface area contributed by atoms with E-state index < -0.39 is 0 Å². The fraction of sp³-hybridized carbons (Fsp3) is 0.733. The first kappa shape index (κ1) is 15.0. The Labute approximate surface area is 120 Å². The topological polar surface area (TPSA) is 47.4 Å². The van der Waals surface area contributed by atoms with Gasteiger partial charge in [0.1, 0.15) is 0 Å². The molecule has 0 bridgehead atoms.